The van der Waals surface area contributed by atoms with E-state index in [1.54, 1.807) is 0 Å². The molecule has 23 heavy (non-hydrogen) atoms. The van der Waals surface area contributed by atoms with E-state index in [0.29, 0.717) is 12.1 Å². The van der Waals surface area contributed by atoms with Crippen LogP contribution in [0.5, 0.6) is 0 Å². The van der Waals surface area contributed by atoms with Crippen molar-refractivity contribution < 1.29 is 4.79 Å². The Labute approximate surface area is 140 Å². The average molecular weight is 317 g/mol. The molecule has 1 heterocycles. The third kappa shape index (κ3) is 5.33. The van der Waals surface area contributed by atoms with E-state index in [1.807, 2.05) is 12.1 Å². The van der Waals surface area contributed by atoms with Crippen molar-refractivity contribution in [2.75, 3.05) is 13.1 Å². The third-order valence-electron chi connectivity index (χ3n) is 4.70. The minimum atomic E-state index is 0.0480. The van der Waals surface area contributed by atoms with E-state index in [1.165, 1.54) is 5.56 Å². The van der Waals surface area contributed by atoms with Crippen LogP contribution >= 0.6 is 0 Å². The first kappa shape index (κ1) is 18.0. The molecule has 0 radical (unpaired) electrons. The fourth-order valence-electron chi connectivity index (χ4n) is 3.19. The number of carbonyl (C=O) groups is 1. The van der Waals surface area contributed by atoms with E-state index in [0.717, 1.165) is 38.0 Å². The Balaban J connectivity index is 1.92. The van der Waals surface area contributed by atoms with Crippen molar-refractivity contribution >= 4 is 5.91 Å². The molecule has 0 bridgehead atoms. The van der Waals surface area contributed by atoms with Crippen molar-refractivity contribution in [1.82, 2.24) is 15.5 Å². The minimum Gasteiger partial charge on any atom is -0.349 e. The van der Waals surface area contributed by atoms with Gasteiger partial charge in [-0.25, -0.2) is 0 Å². The third-order valence-corrected chi connectivity index (χ3v) is 4.70. The first-order valence-electron chi connectivity index (χ1n) is 8.86. The van der Waals surface area contributed by atoms with Gasteiger partial charge in [0.2, 0.25) is 0 Å². The maximum Gasteiger partial charge on any atom is 0.251 e. The van der Waals surface area contributed by atoms with E-state index in [9.17, 15) is 4.79 Å². The number of rotatable bonds is 6. The van der Waals surface area contributed by atoms with Crippen LogP contribution in [0.4, 0.5) is 0 Å². The fourth-order valence-corrected chi connectivity index (χ4v) is 3.19. The standard InChI is InChI=1S/C19H31N3O/c1-5-22(14(2)3)13-16-6-8-17(9-7-16)19(23)21-18-10-11-20-15(4)12-18/h6-9,14-15,18,20H,5,10-13H2,1-4H3,(H,21,23). The number of carbonyl (C=O) groups excluding carboxylic acids is 1. The Morgan fingerprint density at radius 1 is 1.35 bits per heavy atom. The maximum absolute atomic E-state index is 12.4. The number of benzene rings is 1. The molecule has 4 heteroatoms. The Morgan fingerprint density at radius 2 is 2.04 bits per heavy atom. The van der Waals surface area contributed by atoms with Crippen LogP contribution in [-0.4, -0.2) is 42.0 Å². The molecule has 128 valence electrons. The second-order valence-corrected chi connectivity index (χ2v) is 6.90. The van der Waals surface area contributed by atoms with Gasteiger partial charge in [0.15, 0.2) is 0 Å². The average Bonchev–Trinajstić information content (AvgIpc) is 2.52. The summed E-state index contributed by atoms with van der Waals surface area (Å²) in [6.45, 7) is 11.7. The SMILES string of the molecule is CCN(Cc1ccc(C(=O)NC2CCNC(C)C2)cc1)C(C)C. The van der Waals surface area contributed by atoms with Crippen LogP contribution in [-0.2, 0) is 6.54 Å². The predicted molar refractivity (Wildman–Crippen MR) is 95.6 cm³/mol. The molecular formula is C19H31N3O. The van der Waals surface area contributed by atoms with Crippen molar-refractivity contribution in [2.45, 2.75) is 65.2 Å². The summed E-state index contributed by atoms with van der Waals surface area (Å²) in [4.78, 5) is 14.8. The van der Waals surface area contributed by atoms with Crippen LogP contribution in [0.15, 0.2) is 24.3 Å². The molecule has 0 aromatic heterocycles. The molecular weight excluding hydrogens is 286 g/mol. The zero-order valence-corrected chi connectivity index (χ0v) is 14.9. The molecule has 1 fully saturated rings. The number of hydrogen-bond donors (Lipinski definition) is 2. The number of amides is 1. The molecule has 4 nitrogen and oxygen atoms in total. The normalized spacial score (nSPS) is 21.7. The molecule has 1 saturated heterocycles. The largest absolute Gasteiger partial charge is 0.349 e. The highest BCUT2D eigenvalue weighted by Gasteiger charge is 2.20. The maximum atomic E-state index is 12.4. The van der Waals surface area contributed by atoms with Gasteiger partial charge in [0, 0.05) is 30.2 Å². The number of hydrogen-bond acceptors (Lipinski definition) is 3. The van der Waals surface area contributed by atoms with E-state index < -0.39 is 0 Å². The molecule has 0 spiro atoms. The molecule has 2 N–H and O–H groups in total. The lowest BCUT2D eigenvalue weighted by atomic mass is 10.00. The highest BCUT2D eigenvalue weighted by Crippen LogP contribution is 2.12. The number of nitrogens with zero attached hydrogens (tertiary/aromatic N) is 1. The molecule has 1 amide bonds. The van der Waals surface area contributed by atoms with Gasteiger partial charge >= 0.3 is 0 Å². The number of piperidine rings is 1. The summed E-state index contributed by atoms with van der Waals surface area (Å²) in [6, 6.07) is 9.34. The molecule has 2 rings (SSSR count). The summed E-state index contributed by atoms with van der Waals surface area (Å²) in [5.74, 6) is 0.0480. The van der Waals surface area contributed by atoms with Crippen LogP contribution in [0.25, 0.3) is 0 Å². The summed E-state index contributed by atoms with van der Waals surface area (Å²) in [7, 11) is 0. The van der Waals surface area contributed by atoms with Crippen molar-refractivity contribution in [3.05, 3.63) is 35.4 Å². The lowest BCUT2D eigenvalue weighted by Gasteiger charge is -2.28. The van der Waals surface area contributed by atoms with Crippen LogP contribution in [0.1, 0.15) is 56.5 Å². The zero-order valence-electron chi connectivity index (χ0n) is 14.9. The van der Waals surface area contributed by atoms with Gasteiger partial charge < -0.3 is 10.6 Å². The van der Waals surface area contributed by atoms with E-state index in [4.69, 9.17) is 0 Å². The summed E-state index contributed by atoms with van der Waals surface area (Å²) in [5, 5.41) is 6.58. The van der Waals surface area contributed by atoms with Crippen LogP contribution in [0.3, 0.4) is 0 Å². The van der Waals surface area contributed by atoms with Gasteiger partial charge in [-0.15, -0.1) is 0 Å². The van der Waals surface area contributed by atoms with Gasteiger partial charge in [-0.3, -0.25) is 9.69 Å². The highest BCUT2D eigenvalue weighted by molar-refractivity contribution is 5.94. The minimum absolute atomic E-state index is 0.0480. The molecule has 1 aliphatic rings. The first-order chi connectivity index (χ1) is 11.0. The molecule has 2 unspecified atom stereocenters. The van der Waals surface area contributed by atoms with E-state index >= 15 is 0 Å². The van der Waals surface area contributed by atoms with Gasteiger partial charge in [-0.05, 0) is 64.4 Å². The summed E-state index contributed by atoms with van der Waals surface area (Å²) >= 11 is 0. The van der Waals surface area contributed by atoms with Gasteiger partial charge in [-0.2, -0.15) is 0 Å². The molecule has 2 atom stereocenters. The highest BCUT2D eigenvalue weighted by atomic mass is 16.1. The summed E-state index contributed by atoms with van der Waals surface area (Å²) in [5.41, 5.74) is 2.01. The smallest absolute Gasteiger partial charge is 0.251 e. The predicted octanol–water partition coefficient (Wildman–Crippen LogP) is 2.79. The lowest BCUT2D eigenvalue weighted by molar-refractivity contribution is 0.0925. The Bertz CT molecular complexity index is 498. The molecule has 0 saturated carbocycles. The fraction of sp³-hybridized carbons (Fsp3) is 0.632. The van der Waals surface area contributed by atoms with E-state index in [-0.39, 0.29) is 11.9 Å². The van der Waals surface area contributed by atoms with Gasteiger partial charge in [0.05, 0.1) is 0 Å². The Morgan fingerprint density at radius 3 is 2.61 bits per heavy atom. The molecule has 0 aliphatic carbocycles. The Hall–Kier alpha value is -1.39. The van der Waals surface area contributed by atoms with Gasteiger partial charge in [-0.1, -0.05) is 19.1 Å². The van der Waals surface area contributed by atoms with Gasteiger partial charge in [0.1, 0.15) is 0 Å². The van der Waals surface area contributed by atoms with Crippen LogP contribution in [0, 0.1) is 0 Å². The second kappa shape index (κ2) is 8.46. The molecule has 1 aliphatic heterocycles. The van der Waals surface area contributed by atoms with Crippen molar-refractivity contribution in [3.63, 3.8) is 0 Å². The lowest BCUT2D eigenvalue weighted by Crippen LogP contribution is -2.46. The van der Waals surface area contributed by atoms with Crippen molar-refractivity contribution in [3.8, 4) is 0 Å². The topological polar surface area (TPSA) is 44.4 Å². The zero-order chi connectivity index (χ0) is 16.8. The van der Waals surface area contributed by atoms with Crippen molar-refractivity contribution in [1.29, 1.82) is 0 Å². The van der Waals surface area contributed by atoms with Crippen LogP contribution < -0.4 is 10.6 Å². The first-order valence-corrected chi connectivity index (χ1v) is 8.86. The number of nitrogens with one attached hydrogen (secondary N) is 2. The summed E-state index contributed by atoms with van der Waals surface area (Å²) < 4.78 is 0. The van der Waals surface area contributed by atoms with Gasteiger partial charge in [0.25, 0.3) is 5.91 Å². The van der Waals surface area contributed by atoms with Crippen LogP contribution in [0.2, 0.25) is 0 Å². The Kier molecular flexibility index (Phi) is 6.60. The summed E-state index contributed by atoms with van der Waals surface area (Å²) in [6.07, 6.45) is 2.01. The molecule has 1 aromatic carbocycles. The monoisotopic (exact) mass is 317 g/mol. The second-order valence-electron chi connectivity index (χ2n) is 6.90. The van der Waals surface area contributed by atoms with Crippen molar-refractivity contribution in [2.24, 2.45) is 0 Å². The quantitative estimate of drug-likeness (QED) is 0.848. The molecule has 1 aromatic rings. The van der Waals surface area contributed by atoms with E-state index in [2.05, 4.69) is 55.4 Å².